The molecule has 5 nitrogen and oxygen atoms in total. The SMILES string of the molecule is CC1=C(C(=O)NC/C=C/c2ccccc2)C(c2cccc(Cl)c2)NC(=O)N1. The van der Waals surface area contributed by atoms with Crippen LogP contribution >= 0.6 is 11.6 Å². The van der Waals surface area contributed by atoms with Crippen LogP contribution in [0.4, 0.5) is 4.79 Å². The molecular weight excluding hydrogens is 362 g/mol. The maximum atomic E-state index is 12.8. The predicted octanol–water partition coefficient (Wildman–Crippen LogP) is 3.80. The molecule has 1 aliphatic rings. The Labute approximate surface area is 163 Å². The lowest BCUT2D eigenvalue weighted by Gasteiger charge is -2.28. The fourth-order valence-corrected chi connectivity index (χ4v) is 3.14. The van der Waals surface area contributed by atoms with Crippen molar-refractivity contribution in [2.24, 2.45) is 0 Å². The number of carbonyl (C=O) groups excluding carboxylic acids is 2. The number of rotatable bonds is 5. The third-order valence-corrected chi connectivity index (χ3v) is 4.42. The van der Waals surface area contributed by atoms with Crippen LogP contribution in [0.3, 0.4) is 0 Å². The molecule has 138 valence electrons. The zero-order valence-corrected chi connectivity index (χ0v) is 15.6. The van der Waals surface area contributed by atoms with Crippen LogP contribution in [-0.2, 0) is 4.79 Å². The highest BCUT2D eigenvalue weighted by Gasteiger charge is 2.30. The van der Waals surface area contributed by atoms with Gasteiger partial charge in [0.15, 0.2) is 0 Å². The zero-order valence-electron chi connectivity index (χ0n) is 14.8. The first-order chi connectivity index (χ1) is 13.0. The molecule has 0 fully saturated rings. The first-order valence-electron chi connectivity index (χ1n) is 8.58. The molecule has 3 amide bonds. The molecular formula is C21H20ClN3O2. The largest absolute Gasteiger partial charge is 0.349 e. The maximum absolute atomic E-state index is 12.8. The standard InChI is InChI=1S/C21H20ClN3O2/c1-14-18(20(26)23-12-6-9-15-7-3-2-4-8-15)19(25-21(27)24-14)16-10-5-11-17(22)13-16/h2-11,13,19H,12H2,1H3,(H,23,26)(H2,24,25,27)/b9-6+. The average Bonchev–Trinajstić information content (AvgIpc) is 2.65. The van der Waals surface area contributed by atoms with Crippen molar-refractivity contribution in [1.82, 2.24) is 16.0 Å². The van der Waals surface area contributed by atoms with Gasteiger partial charge in [0.1, 0.15) is 0 Å². The number of nitrogens with one attached hydrogen (secondary N) is 3. The highest BCUT2D eigenvalue weighted by atomic mass is 35.5. The monoisotopic (exact) mass is 381 g/mol. The molecule has 0 bridgehead atoms. The molecule has 3 N–H and O–H groups in total. The van der Waals surface area contributed by atoms with Gasteiger partial charge in [-0.3, -0.25) is 4.79 Å². The number of urea groups is 1. The van der Waals surface area contributed by atoms with E-state index in [2.05, 4.69) is 16.0 Å². The number of halogens is 1. The lowest BCUT2D eigenvalue weighted by Crippen LogP contribution is -2.47. The van der Waals surface area contributed by atoms with E-state index in [9.17, 15) is 9.59 Å². The van der Waals surface area contributed by atoms with E-state index in [0.29, 0.717) is 22.8 Å². The maximum Gasteiger partial charge on any atom is 0.319 e. The van der Waals surface area contributed by atoms with Crippen molar-refractivity contribution in [1.29, 1.82) is 0 Å². The average molecular weight is 382 g/mol. The second-order valence-corrected chi connectivity index (χ2v) is 6.58. The van der Waals surface area contributed by atoms with Crippen LogP contribution in [-0.4, -0.2) is 18.5 Å². The van der Waals surface area contributed by atoms with Gasteiger partial charge >= 0.3 is 6.03 Å². The lowest BCUT2D eigenvalue weighted by molar-refractivity contribution is -0.117. The van der Waals surface area contributed by atoms with Gasteiger partial charge in [0.25, 0.3) is 5.91 Å². The molecule has 6 heteroatoms. The summed E-state index contributed by atoms with van der Waals surface area (Å²) in [6.45, 7) is 2.09. The van der Waals surface area contributed by atoms with E-state index in [1.54, 1.807) is 25.1 Å². The van der Waals surface area contributed by atoms with Gasteiger partial charge in [-0.25, -0.2) is 4.79 Å². The van der Waals surface area contributed by atoms with Gasteiger partial charge in [0.2, 0.25) is 0 Å². The van der Waals surface area contributed by atoms with E-state index < -0.39 is 6.04 Å². The summed E-state index contributed by atoms with van der Waals surface area (Å²) in [4.78, 5) is 24.7. The van der Waals surface area contributed by atoms with Crippen LogP contribution in [0.25, 0.3) is 6.08 Å². The van der Waals surface area contributed by atoms with E-state index in [1.807, 2.05) is 48.6 Å². The van der Waals surface area contributed by atoms with Crippen LogP contribution in [0.15, 0.2) is 71.9 Å². The van der Waals surface area contributed by atoms with Crippen molar-refractivity contribution in [3.63, 3.8) is 0 Å². The van der Waals surface area contributed by atoms with Gasteiger partial charge in [-0.05, 0) is 30.2 Å². The second kappa shape index (κ2) is 8.56. The smallest absolute Gasteiger partial charge is 0.319 e. The number of hydrogen-bond donors (Lipinski definition) is 3. The van der Waals surface area contributed by atoms with Gasteiger partial charge in [-0.1, -0.05) is 66.2 Å². The Morgan fingerprint density at radius 3 is 2.70 bits per heavy atom. The van der Waals surface area contributed by atoms with Gasteiger partial charge in [0.05, 0.1) is 11.6 Å². The molecule has 2 aromatic carbocycles. The van der Waals surface area contributed by atoms with Gasteiger partial charge in [0, 0.05) is 17.3 Å². The molecule has 0 aliphatic carbocycles. The molecule has 1 atom stereocenters. The number of allylic oxidation sites excluding steroid dienone is 1. The minimum absolute atomic E-state index is 0.248. The van der Waals surface area contributed by atoms with Gasteiger partial charge in [-0.2, -0.15) is 0 Å². The van der Waals surface area contributed by atoms with Crippen molar-refractivity contribution in [3.8, 4) is 0 Å². The Hall–Kier alpha value is -3.05. The summed E-state index contributed by atoms with van der Waals surface area (Å²) in [7, 11) is 0. The summed E-state index contributed by atoms with van der Waals surface area (Å²) in [6, 6.07) is 16.0. The lowest BCUT2D eigenvalue weighted by atomic mass is 9.95. The summed E-state index contributed by atoms with van der Waals surface area (Å²) in [5.41, 5.74) is 2.80. The highest BCUT2D eigenvalue weighted by Crippen LogP contribution is 2.28. The summed E-state index contributed by atoms with van der Waals surface area (Å²) in [5, 5.41) is 8.87. The first-order valence-corrected chi connectivity index (χ1v) is 8.96. The summed E-state index contributed by atoms with van der Waals surface area (Å²) in [5.74, 6) is -0.248. The minimum Gasteiger partial charge on any atom is -0.349 e. The Balaban J connectivity index is 1.74. The second-order valence-electron chi connectivity index (χ2n) is 6.15. The predicted molar refractivity (Wildman–Crippen MR) is 107 cm³/mol. The molecule has 0 spiro atoms. The normalized spacial score (nSPS) is 16.8. The molecule has 0 radical (unpaired) electrons. The van der Waals surface area contributed by atoms with Crippen LogP contribution < -0.4 is 16.0 Å². The Bertz CT molecular complexity index is 907. The zero-order chi connectivity index (χ0) is 19.2. The van der Waals surface area contributed by atoms with Gasteiger partial charge in [-0.15, -0.1) is 0 Å². The van der Waals surface area contributed by atoms with E-state index in [1.165, 1.54) is 0 Å². The van der Waals surface area contributed by atoms with Crippen molar-refractivity contribution in [2.45, 2.75) is 13.0 Å². The summed E-state index contributed by atoms with van der Waals surface area (Å²) < 4.78 is 0. The first kappa shape index (κ1) is 18.7. The molecule has 27 heavy (non-hydrogen) atoms. The van der Waals surface area contributed by atoms with Crippen molar-refractivity contribution < 1.29 is 9.59 Å². The fourth-order valence-electron chi connectivity index (χ4n) is 2.94. The van der Waals surface area contributed by atoms with E-state index in [4.69, 9.17) is 11.6 Å². The van der Waals surface area contributed by atoms with Crippen LogP contribution in [0.2, 0.25) is 5.02 Å². The topological polar surface area (TPSA) is 70.2 Å². The van der Waals surface area contributed by atoms with Crippen LogP contribution in [0, 0.1) is 0 Å². The molecule has 1 aliphatic heterocycles. The fraction of sp³-hybridized carbons (Fsp3) is 0.143. The van der Waals surface area contributed by atoms with Crippen molar-refractivity contribution in [2.75, 3.05) is 6.54 Å². The third kappa shape index (κ3) is 4.77. The molecule has 1 heterocycles. The van der Waals surface area contributed by atoms with Crippen LogP contribution in [0.1, 0.15) is 24.1 Å². The van der Waals surface area contributed by atoms with E-state index in [-0.39, 0.29) is 11.9 Å². The third-order valence-electron chi connectivity index (χ3n) is 4.19. The molecule has 1 unspecified atom stereocenters. The number of amides is 3. The summed E-state index contributed by atoms with van der Waals surface area (Å²) >= 11 is 6.07. The number of carbonyl (C=O) groups is 2. The van der Waals surface area contributed by atoms with Gasteiger partial charge < -0.3 is 16.0 Å². The quantitative estimate of drug-likeness (QED) is 0.737. The number of hydrogen-bond acceptors (Lipinski definition) is 2. The Morgan fingerprint density at radius 2 is 1.96 bits per heavy atom. The van der Waals surface area contributed by atoms with Crippen LogP contribution in [0.5, 0.6) is 0 Å². The minimum atomic E-state index is -0.560. The Kier molecular flexibility index (Phi) is 5.94. The van der Waals surface area contributed by atoms with E-state index >= 15 is 0 Å². The molecule has 3 rings (SSSR count). The van der Waals surface area contributed by atoms with E-state index in [0.717, 1.165) is 11.1 Å². The number of benzene rings is 2. The molecule has 0 aromatic heterocycles. The van der Waals surface area contributed by atoms with Crippen molar-refractivity contribution in [3.05, 3.63) is 88.1 Å². The Morgan fingerprint density at radius 1 is 1.19 bits per heavy atom. The highest BCUT2D eigenvalue weighted by molar-refractivity contribution is 6.30. The molecule has 2 aromatic rings. The summed E-state index contributed by atoms with van der Waals surface area (Å²) in [6.07, 6.45) is 3.82. The molecule has 0 saturated heterocycles. The van der Waals surface area contributed by atoms with Crippen molar-refractivity contribution >= 4 is 29.6 Å². The molecule has 0 saturated carbocycles.